The summed E-state index contributed by atoms with van der Waals surface area (Å²) >= 11 is 0. The number of aromatic nitrogens is 1. The molecule has 6 rings (SSSR count). The van der Waals surface area contributed by atoms with E-state index in [-0.39, 0.29) is 0 Å². The minimum Gasteiger partial charge on any atom is -0.405 e. The van der Waals surface area contributed by atoms with Gasteiger partial charge in [-0.05, 0) is 116 Å². The van der Waals surface area contributed by atoms with E-state index in [1.807, 2.05) is 106 Å². The van der Waals surface area contributed by atoms with Crippen molar-refractivity contribution < 1.29 is 0 Å². The van der Waals surface area contributed by atoms with Gasteiger partial charge in [-0.25, -0.2) is 15.0 Å². The summed E-state index contributed by atoms with van der Waals surface area (Å²) in [6.45, 7) is 15.4. The molecule has 0 bridgehead atoms. The van der Waals surface area contributed by atoms with Crippen LogP contribution in [0, 0.1) is 6.92 Å². The second kappa shape index (κ2) is 29.2. The SMILES string of the molecule is C=C/C=C(\C=C\N)c1cc(C2=CCC=C(C)C=C2)cc(-c2cccc(NC)c2)n1.C=C/C=C/N.CC.CN=C(N=C(N=Cc1ccccc1)C1=C=CC=C=C/C=C\1)c1cccc(C)c1. The fraction of sp³-hybridized carbons (Fsp3) is 0.123. The third-order valence-electron chi connectivity index (χ3n) is 8.98. The molecule has 5 N–H and O–H groups in total. The third kappa shape index (κ3) is 17.1. The van der Waals surface area contributed by atoms with Gasteiger partial charge in [-0.3, -0.25) is 4.99 Å². The highest BCUT2D eigenvalue weighted by Crippen LogP contribution is 2.30. The first-order valence-corrected chi connectivity index (χ1v) is 21.1. The van der Waals surface area contributed by atoms with Crippen molar-refractivity contribution in [2.24, 2.45) is 26.4 Å². The van der Waals surface area contributed by atoms with E-state index in [0.717, 1.165) is 62.5 Å². The highest BCUT2D eigenvalue weighted by Gasteiger charge is 2.11. The van der Waals surface area contributed by atoms with Crippen molar-refractivity contribution in [2.45, 2.75) is 34.1 Å². The highest BCUT2D eigenvalue weighted by molar-refractivity contribution is 6.15. The van der Waals surface area contributed by atoms with Crippen LogP contribution in [0.3, 0.4) is 0 Å². The molecule has 0 saturated carbocycles. The first kappa shape index (κ1) is 50.3. The Balaban J connectivity index is 0.000000297. The summed E-state index contributed by atoms with van der Waals surface area (Å²) < 4.78 is 0. The molecule has 64 heavy (non-hydrogen) atoms. The Morgan fingerprint density at radius 3 is 2.28 bits per heavy atom. The number of anilines is 1. The van der Waals surface area contributed by atoms with Crippen molar-refractivity contribution in [1.29, 1.82) is 0 Å². The summed E-state index contributed by atoms with van der Waals surface area (Å²) in [5.41, 5.74) is 29.1. The lowest BCUT2D eigenvalue weighted by Crippen LogP contribution is -2.06. The molecule has 2 aliphatic rings. The Morgan fingerprint density at radius 1 is 0.797 bits per heavy atom. The minimum absolute atomic E-state index is 0.544. The molecule has 0 amide bonds. The van der Waals surface area contributed by atoms with Crippen molar-refractivity contribution in [1.82, 2.24) is 4.98 Å². The molecule has 0 spiro atoms. The van der Waals surface area contributed by atoms with E-state index in [0.29, 0.717) is 11.7 Å². The Hall–Kier alpha value is -8.08. The van der Waals surface area contributed by atoms with Gasteiger partial charge in [-0.2, -0.15) is 0 Å². The molecule has 0 unspecified atom stereocenters. The zero-order valence-corrected chi connectivity index (χ0v) is 38.0. The molecule has 0 atom stereocenters. The summed E-state index contributed by atoms with van der Waals surface area (Å²) in [5.74, 6) is 1.17. The van der Waals surface area contributed by atoms with Gasteiger partial charge in [0.15, 0.2) is 11.7 Å². The molecule has 2 aliphatic carbocycles. The lowest BCUT2D eigenvalue weighted by molar-refractivity contribution is 1.27. The quantitative estimate of drug-likeness (QED) is 0.0638. The number of aryl methyl sites for hydroxylation is 1. The first-order valence-electron chi connectivity index (χ1n) is 21.1. The van der Waals surface area contributed by atoms with Crippen molar-refractivity contribution in [3.05, 3.63) is 252 Å². The largest absolute Gasteiger partial charge is 0.405 e. The van der Waals surface area contributed by atoms with Crippen LogP contribution in [0.5, 0.6) is 0 Å². The van der Waals surface area contributed by atoms with E-state index in [2.05, 4.69) is 114 Å². The van der Waals surface area contributed by atoms with Crippen LogP contribution >= 0.6 is 0 Å². The van der Waals surface area contributed by atoms with Crippen LogP contribution in [0.1, 0.15) is 55.1 Å². The van der Waals surface area contributed by atoms with Crippen molar-refractivity contribution in [2.75, 3.05) is 19.4 Å². The molecule has 0 fully saturated rings. The van der Waals surface area contributed by atoms with Crippen molar-refractivity contribution in [3.8, 4) is 11.3 Å². The fourth-order valence-electron chi connectivity index (χ4n) is 5.89. The number of benzene rings is 3. The average Bonchev–Trinajstić information content (AvgIpc) is 3.55. The molecule has 0 radical (unpaired) electrons. The van der Waals surface area contributed by atoms with Gasteiger partial charge < -0.3 is 16.8 Å². The normalized spacial score (nSPS) is 14.0. The number of aliphatic imine (C=N–C) groups is 3. The van der Waals surface area contributed by atoms with E-state index in [1.165, 1.54) is 23.5 Å². The van der Waals surface area contributed by atoms with E-state index in [4.69, 9.17) is 21.4 Å². The van der Waals surface area contributed by atoms with Crippen LogP contribution < -0.4 is 16.8 Å². The molecule has 7 heteroatoms. The maximum Gasteiger partial charge on any atom is 0.169 e. The van der Waals surface area contributed by atoms with Gasteiger partial charge in [0.25, 0.3) is 0 Å². The molecule has 324 valence electrons. The summed E-state index contributed by atoms with van der Waals surface area (Å²) in [6, 6.07) is 30.6. The molecule has 3 aromatic carbocycles. The van der Waals surface area contributed by atoms with Gasteiger partial charge in [-0.15, -0.1) is 11.5 Å². The number of nitrogens with zero attached hydrogens (tertiary/aromatic N) is 4. The lowest BCUT2D eigenvalue weighted by Gasteiger charge is -2.12. The lowest BCUT2D eigenvalue weighted by atomic mass is 9.98. The molecule has 1 heterocycles. The predicted octanol–water partition coefficient (Wildman–Crippen LogP) is 13.0. The van der Waals surface area contributed by atoms with E-state index in [9.17, 15) is 0 Å². The number of nitrogens with one attached hydrogen (secondary N) is 1. The Morgan fingerprint density at radius 2 is 1.59 bits per heavy atom. The number of amidine groups is 2. The van der Waals surface area contributed by atoms with Crippen LogP contribution in [0.2, 0.25) is 0 Å². The van der Waals surface area contributed by atoms with Gasteiger partial charge in [0.2, 0.25) is 0 Å². The number of nitrogens with two attached hydrogens (primary N) is 2. The number of hydrogen-bond acceptors (Lipinski definition) is 5. The Kier molecular flexibility index (Phi) is 23.0. The molecular formula is C57H61N7. The van der Waals surface area contributed by atoms with Gasteiger partial charge >= 0.3 is 0 Å². The Bertz CT molecular complexity index is 2620. The number of rotatable bonds is 10. The van der Waals surface area contributed by atoms with Crippen LogP contribution in [-0.4, -0.2) is 37.0 Å². The second-order valence-electron chi connectivity index (χ2n) is 13.6. The predicted molar refractivity (Wildman–Crippen MR) is 280 cm³/mol. The topological polar surface area (TPSA) is 114 Å². The summed E-state index contributed by atoms with van der Waals surface area (Å²) in [5, 5.41) is 3.20. The van der Waals surface area contributed by atoms with Crippen molar-refractivity contribution >= 4 is 34.7 Å². The van der Waals surface area contributed by atoms with E-state index >= 15 is 0 Å². The monoisotopic (exact) mass is 843 g/mol. The Labute approximate surface area is 381 Å². The third-order valence-corrected chi connectivity index (χ3v) is 8.98. The maximum absolute atomic E-state index is 5.68. The zero-order chi connectivity index (χ0) is 46.4. The molecule has 4 aromatic rings. The van der Waals surface area contributed by atoms with Crippen molar-refractivity contribution in [3.63, 3.8) is 0 Å². The van der Waals surface area contributed by atoms with E-state index < -0.39 is 0 Å². The van der Waals surface area contributed by atoms with E-state index in [1.54, 1.807) is 43.6 Å². The summed E-state index contributed by atoms with van der Waals surface area (Å²) in [6.07, 6.45) is 32.6. The maximum atomic E-state index is 5.68. The van der Waals surface area contributed by atoms with Crippen LogP contribution in [0.25, 0.3) is 22.4 Å². The van der Waals surface area contributed by atoms with Gasteiger partial charge in [-0.1, -0.05) is 147 Å². The minimum atomic E-state index is 0.544. The molecule has 0 aliphatic heterocycles. The summed E-state index contributed by atoms with van der Waals surface area (Å²) in [7, 11) is 3.66. The standard InChI is InChI=1S/C26H27N3.C25H21N3.C4H7N.C2H6/c1-4-7-21(14-15-27)25-17-23(20-9-5-8-19(2)12-13-20)18-26(29-25)22-10-6-11-24(16-22)28-3;1-20-12-11-17-23(18-20)24(26-2)28-25(22-15-9-4-3-5-10-16-22)27-19-21-13-7-6-8-14-21;1-2-3-4-5;1-2/h4,6-18,28H,1,5,27H2,2-3H3;4-15,17-19H,1-2H3;2-4H,1,5H2;1-2H3/b15-14+,21-7+;15-9-,26-24?,27-19?,28-25?;4-3+;. The number of pyridine rings is 1. The van der Waals surface area contributed by atoms with Gasteiger partial charge in [0.05, 0.1) is 17.0 Å². The molecule has 1 aromatic heterocycles. The molecule has 0 saturated heterocycles. The van der Waals surface area contributed by atoms with Crippen LogP contribution in [0.4, 0.5) is 5.69 Å². The fourth-order valence-corrected chi connectivity index (χ4v) is 5.89. The van der Waals surface area contributed by atoms with Crippen LogP contribution in [0.15, 0.2) is 239 Å². The molecular weight excluding hydrogens is 783 g/mol. The number of hydrogen-bond donors (Lipinski definition) is 3. The molecule has 7 nitrogen and oxygen atoms in total. The zero-order valence-electron chi connectivity index (χ0n) is 38.0. The van der Waals surface area contributed by atoms with Gasteiger partial charge in [0.1, 0.15) is 0 Å². The van der Waals surface area contributed by atoms with Crippen LogP contribution in [-0.2, 0) is 0 Å². The summed E-state index contributed by atoms with van der Waals surface area (Å²) in [4.78, 5) is 18.7. The first-order chi connectivity index (χ1) is 31.3. The average molecular weight is 844 g/mol. The van der Waals surface area contributed by atoms with Gasteiger partial charge in [0, 0.05) is 42.7 Å². The number of allylic oxidation sites excluding steroid dienone is 14. The second-order valence-corrected chi connectivity index (χ2v) is 13.6. The smallest absolute Gasteiger partial charge is 0.169 e. The highest BCUT2D eigenvalue weighted by atomic mass is 15.0.